The molecule has 1 aromatic heterocycles. The normalized spacial score (nSPS) is 10.4. The van der Waals surface area contributed by atoms with E-state index in [0.717, 1.165) is 21.9 Å². The molecule has 106 valence electrons. The second-order valence-corrected chi connectivity index (χ2v) is 5.97. The number of amides is 1. The van der Waals surface area contributed by atoms with Crippen LogP contribution in [0.15, 0.2) is 18.2 Å². The van der Waals surface area contributed by atoms with Crippen molar-refractivity contribution >= 4 is 22.4 Å². The first-order chi connectivity index (χ1) is 9.45. The summed E-state index contributed by atoms with van der Waals surface area (Å²) in [5.74, 6) is 0.538. The molecule has 1 amide bonds. The molecule has 4 nitrogen and oxygen atoms in total. The van der Waals surface area contributed by atoms with E-state index in [2.05, 4.69) is 10.3 Å². The van der Waals surface area contributed by atoms with Crippen molar-refractivity contribution in [3.63, 3.8) is 0 Å². The molecule has 0 spiro atoms. The Morgan fingerprint density at radius 2 is 2.05 bits per heavy atom. The van der Waals surface area contributed by atoms with Gasteiger partial charge in [-0.15, -0.1) is 11.3 Å². The number of rotatable bonds is 4. The molecular formula is C15H18N2O2S. The van der Waals surface area contributed by atoms with Gasteiger partial charge in [0.2, 0.25) is 0 Å². The smallest absolute Gasteiger partial charge is 0.264 e. The first-order valence-electron chi connectivity index (χ1n) is 6.39. The molecule has 0 aliphatic heterocycles. The molecule has 2 rings (SSSR count). The van der Waals surface area contributed by atoms with Crippen molar-refractivity contribution < 1.29 is 9.53 Å². The maximum atomic E-state index is 11.8. The molecule has 2 aromatic rings. The minimum atomic E-state index is -0.196. The van der Waals surface area contributed by atoms with E-state index in [1.54, 1.807) is 0 Å². The predicted octanol–water partition coefficient (Wildman–Crippen LogP) is 3.39. The lowest BCUT2D eigenvalue weighted by atomic mass is 10.1. The molecule has 0 radical (unpaired) electrons. The SMILES string of the molecule is Cc1ccc(OCC(=O)Nc2nc(C)c(C)s2)c(C)c1. The molecule has 0 fully saturated rings. The van der Waals surface area contributed by atoms with Crippen LogP contribution in [0.3, 0.4) is 0 Å². The Labute approximate surface area is 122 Å². The zero-order valence-corrected chi connectivity index (χ0v) is 12.9. The van der Waals surface area contributed by atoms with Gasteiger partial charge in [0, 0.05) is 4.88 Å². The van der Waals surface area contributed by atoms with Crippen molar-refractivity contribution in [1.82, 2.24) is 4.98 Å². The van der Waals surface area contributed by atoms with Gasteiger partial charge in [0.25, 0.3) is 5.91 Å². The lowest BCUT2D eigenvalue weighted by Crippen LogP contribution is -2.20. The highest BCUT2D eigenvalue weighted by molar-refractivity contribution is 7.15. The number of anilines is 1. The summed E-state index contributed by atoms with van der Waals surface area (Å²) < 4.78 is 5.53. The number of carbonyl (C=O) groups excluding carboxylic acids is 1. The molecular weight excluding hydrogens is 272 g/mol. The van der Waals surface area contributed by atoms with Gasteiger partial charge in [-0.25, -0.2) is 4.98 Å². The third-order valence-electron chi connectivity index (χ3n) is 2.96. The third kappa shape index (κ3) is 3.57. The van der Waals surface area contributed by atoms with E-state index in [1.165, 1.54) is 16.9 Å². The summed E-state index contributed by atoms with van der Waals surface area (Å²) in [5, 5.41) is 3.37. The van der Waals surface area contributed by atoms with Gasteiger partial charge in [0.1, 0.15) is 5.75 Å². The van der Waals surface area contributed by atoms with Crippen molar-refractivity contribution in [3.05, 3.63) is 39.9 Å². The zero-order valence-electron chi connectivity index (χ0n) is 12.1. The Morgan fingerprint density at radius 3 is 2.65 bits per heavy atom. The highest BCUT2D eigenvalue weighted by Gasteiger charge is 2.09. The van der Waals surface area contributed by atoms with E-state index in [1.807, 2.05) is 45.9 Å². The zero-order chi connectivity index (χ0) is 14.7. The highest BCUT2D eigenvalue weighted by Crippen LogP contribution is 2.21. The van der Waals surface area contributed by atoms with Gasteiger partial charge in [-0.3, -0.25) is 10.1 Å². The van der Waals surface area contributed by atoms with Crippen LogP contribution in [0.4, 0.5) is 5.13 Å². The van der Waals surface area contributed by atoms with E-state index in [0.29, 0.717) is 5.13 Å². The van der Waals surface area contributed by atoms with Crippen molar-refractivity contribution in [2.45, 2.75) is 27.7 Å². The fourth-order valence-corrected chi connectivity index (χ4v) is 2.62. The van der Waals surface area contributed by atoms with Gasteiger partial charge >= 0.3 is 0 Å². The van der Waals surface area contributed by atoms with Gasteiger partial charge in [-0.2, -0.15) is 0 Å². The maximum Gasteiger partial charge on any atom is 0.264 e. The van der Waals surface area contributed by atoms with Crippen LogP contribution >= 0.6 is 11.3 Å². The van der Waals surface area contributed by atoms with E-state index >= 15 is 0 Å². The monoisotopic (exact) mass is 290 g/mol. The van der Waals surface area contributed by atoms with Crippen molar-refractivity contribution in [2.75, 3.05) is 11.9 Å². The molecule has 0 unspecified atom stereocenters. The van der Waals surface area contributed by atoms with E-state index in [4.69, 9.17) is 4.74 Å². The summed E-state index contributed by atoms with van der Waals surface area (Å²) in [6.45, 7) is 7.88. The lowest BCUT2D eigenvalue weighted by molar-refractivity contribution is -0.118. The molecule has 20 heavy (non-hydrogen) atoms. The number of aryl methyl sites for hydroxylation is 4. The van der Waals surface area contributed by atoms with Crippen LogP contribution in [0.25, 0.3) is 0 Å². The first kappa shape index (κ1) is 14.5. The van der Waals surface area contributed by atoms with Crippen LogP contribution in [0.5, 0.6) is 5.75 Å². The van der Waals surface area contributed by atoms with Gasteiger partial charge in [0.15, 0.2) is 11.7 Å². The number of hydrogen-bond donors (Lipinski definition) is 1. The average Bonchev–Trinajstić information content (AvgIpc) is 2.67. The molecule has 0 saturated carbocycles. The molecule has 0 atom stereocenters. The molecule has 0 aliphatic rings. The molecule has 1 heterocycles. The number of nitrogens with one attached hydrogen (secondary N) is 1. The van der Waals surface area contributed by atoms with Gasteiger partial charge < -0.3 is 4.74 Å². The van der Waals surface area contributed by atoms with Gasteiger partial charge in [-0.05, 0) is 39.3 Å². The van der Waals surface area contributed by atoms with Gasteiger partial charge in [-0.1, -0.05) is 17.7 Å². The quantitative estimate of drug-likeness (QED) is 0.939. The fourth-order valence-electron chi connectivity index (χ4n) is 1.79. The molecule has 1 aromatic carbocycles. The van der Waals surface area contributed by atoms with Crippen LogP contribution in [0.1, 0.15) is 21.7 Å². The van der Waals surface area contributed by atoms with Crippen molar-refractivity contribution in [3.8, 4) is 5.75 Å². The van der Waals surface area contributed by atoms with Crippen molar-refractivity contribution in [1.29, 1.82) is 0 Å². The predicted molar refractivity (Wildman–Crippen MR) is 81.6 cm³/mol. The second kappa shape index (κ2) is 6.05. The van der Waals surface area contributed by atoms with Crippen LogP contribution in [0, 0.1) is 27.7 Å². The number of aromatic nitrogens is 1. The van der Waals surface area contributed by atoms with Gasteiger partial charge in [0.05, 0.1) is 5.69 Å². The molecule has 0 saturated heterocycles. The second-order valence-electron chi connectivity index (χ2n) is 4.77. The summed E-state index contributed by atoms with van der Waals surface area (Å²) in [6, 6.07) is 5.88. The molecule has 5 heteroatoms. The summed E-state index contributed by atoms with van der Waals surface area (Å²) in [7, 11) is 0. The fraction of sp³-hybridized carbons (Fsp3) is 0.333. The van der Waals surface area contributed by atoms with E-state index in [9.17, 15) is 4.79 Å². The van der Waals surface area contributed by atoms with Crippen LogP contribution in [-0.2, 0) is 4.79 Å². The summed E-state index contributed by atoms with van der Waals surface area (Å²) in [5.41, 5.74) is 3.15. The minimum Gasteiger partial charge on any atom is -0.483 e. The third-order valence-corrected chi connectivity index (χ3v) is 3.95. The van der Waals surface area contributed by atoms with Crippen LogP contribution in [0.2, 0.25) is 0 Å². The summed E-state index contributed by atoms with van der Waals surface area (Å²) in [6.07, 6.45) is 0. The Hall–Kier alpha value is -1.88. The largest absolute Gasteiger partial charge is 0.483 e. The number of hydrogen-bond acceptors (Lipinski definition) is 4. The summed E-state index contributed by atoms with van der Waals surface area (Å²) in [4.78, 5) is 17.2. The number of benzene rings is 1. The van der Waals surface area contributed by atoms with E-state index < -0.39 is 0 Å². The lowest BCUT2D eigenvalue weighted by Gasteiger charge is -2.09. The Kier molecular flexibility index (Phi) is 4.39. The number of carbonyl (C=O) groups is 1. The molecule has 0 bridgehead atoms. The van der Waals surface area contributed by atoms with E-state index in [-0.39, 0.29) is 12.5 Å². The number of nitrogens with zero attached hydrogens (tertiary/aromatic N) is 1. The Bertz CT molecular complexity index is 615. The minimum absolute atomic E-state index is 0.0123. The summed E-state index contributed by atoms with van der Waals surface area (Å²) >= 11 is 1.47. The first-order valence-corrected chi connectivity index (χ1v) is 7.21. The van der Waals surface area contributed by atoms with Crippen LogP contribution in [-0.4, -0.2) is 17.5 Å². The Balaban J connectivity index is 1.92. The molecule has 1 N–H and O–H groups in total. The van der Waals surface area contributed by atoms with Crippen LogP contribution < -0.4 is 10.1 Å². The number of thiazole rings is 1. The molecule has 0 aliphatic carbocycles. The highest BCUT2D eigenvalue weighted by atomic mass is 32.1. The average molecular weight is 290 g/mol. The standard InChI is InChI=1S/C15H18N2O2S/c1-9-5-6-13(10(2)7-9)19-8-14(18)17-15-16-11(3)12(4)20-15/h5-7H,8H2,1-4H3,(H,16,17,18). The topological polar surface area (TPSA) is 51.2 Å². The maximum absolute atomic E-state index is 11.8. The Morgan fingerprint density at radius 1 is 1.30 bits per heavy atom. The van der Waals surface area contributed by atoms with Crippen molar-refractivity contribution in [2.24, 2.45) is 0 Å². The number of ether oxygens (including phenoxy) is 1.